The molecule has 0 radical (unpaired) electrons. The standard InChI is InChI=1S/C26H29BrN/c1-4-17-28-23-15-14-21-11-7-8-12-22(21)25(23)26(3,18-19(2)27)24(28)16-13-20-9-5-6-10-20/h4,7-8,11-16,20H,1-2,5-6,9-10,17-18H2,3H3/q+1/b16-13+. The SMILES string of the molecule is C=CC[N+]1=C(/C=C/C2CCCC2)C(C)(CC(=C)Br)c2c1ccc1ccccc21. The number of halogens is 1. The lowest BCUT2D eigenvalue weighted by Crippen LogP contribution is -2.31. The Morgan fingerprint density at radius 3 is 2.68 bits per heavy atom. The van der Waals surface area contributed by atoms with Crippen molar-refractivity contribution in [2.45, 2.75) is 44.4 Å². The summed E-state index contributed by atoms with van der Waals surface area (Å²) in [7, 11) is 0. The molecule has 0 bridgehead atoms. The predicted octanol–water partition coefficient (Wildman–Crippen LogP) is 7.43. The zero-order chi connectivity index (χ0) is 19.7. The summed E-state index contributed by atoms with van der Waals surface area (Å²) in [5.74, 6) is 0.718. The van der Waals surface area contributed by atoms with Crippen LogP contribution in [0.2, 0.25) is 0 Å². The van der Waals surface area contributed by atoms with E-state index in [2.05, 4.69) is 89.1 Å². The van der Waals surface area contributed by atoms with Crippen LogP contribution in [0.15, 0.2) is 72.3 Å². The van der Waals surface area contributed by atoms with E-state index in [1.54, 1.807) is 0 Å². The fourth-order valence-corrected chi connectivity index (χ4v) is 5.72. The van der Waals surface area contributed by atoms with Gasteiger partial charge in [-0.1, -0.05) is 72.3 Å². The molecule has 1 nitrogen and oxygen atoms in total. The Kier molecular flexibility index (Phi) is 5.42. The molecule has 0 N–H and O–H groups in total. The van der Waals surface area contributed by atoms with Crippen LogP contribution >= 0.6 is 15.9 Å². The fraction of sp³-hybridized carbons (Fsp3) is 0.346. The van der Waals surface area contributed by atoms with E-state index in [1.807, 2.05) is 6.08 Å². The van der Waals surface area contributed by atoms with E-state index in [-0.39, 0.29) is 5.41 Å². The highest BCUT2D eigenvalue weighted by atomic mass is 79.9. The van der Waals surface area contributed by atoms with Crippen molar-refractivity contribution in [2.24, 2.45) is 5.92 Å². The molecule has 1 saturated carbocycles. The third-order valence-corrected chi connectivity index (χ3v) is 6.67. The number of fused-ring (bicyclic) bond motifs is 3. The highest BCUT2D eigenvalue weighted by Gasteiger charge is 2.48. The third kappa shape index (κ3) is 3.33. The fourth-order valence-electron chi connectivity index (χ4n) is 5.16. The van der Waals surface area contributed by atoms with Gasteiger partial charge in [0.25, 0.3) is 0 Å². The lowest BCUT2D eigenvalue weighted by Gasteiger charge is -2.23. The van der Waals surface area contributed by atoms with Gasteiger partial charge in [-0.3, -0.25) is 0 Å². The van der Waals surface area contributed by atoms with Crippen LogP contribution in [0.25, 0.3) is 10.8 Å². The summed E-state index contributed by atoms with van der Waals surface area (Å²) in [5.41, 5.74) is 3.97. The number of rotatable bonds is 6. The molecule has 0 spiro atoms. The van der Waals surface area contributed by atoms with E-state index < -0.39 is 0 Å². The second-order valence-electron chi connectivity index (χ2n) is 8.40. The smallest absolute Gasteiger partial charge is 0.191 e. The first-order valence-electron chi connectivity index (χ1n) is 10.3. The van der Waals surface area contributed by atoms with E-state index in [0.29, 0.717) is 0 Å². The maximum absolute atomic E-state index is 4.20. The third-order valence-electron chi connectivity index (χ3n) is 6.39. The van der Waals surface area contributed by atoms with Crippen molar-refractivity contribution in [3.8, 4) is 0 Å². The van der Waals surface area contributed by atoms with Crippen LogP contribution < -0.4 is 0 Å². The van der Waals surface area contributed by atoms with Gasteiger partial charge in [0.1, 0.15) is 0 Å². The lowest BCUT2D eigenvalue weighted by atomic mass is 9.74. The van der Waals surface area contributed by atoms with Gasteiger partial charge in [-0.15, -0.1) is 0 Å². The van der Waals surface area contributed by atoms with Gasteiger partial charge in [-0.2, -0.15) is 4.58 Å². The molecule has 2 aliphatic rings. The van der Waals surface area contributed by atoms with Gasteiger partial charge in [0.2, 0.25) is 5.69 Å². The average Bonchev–Trinajstić information content (AvgIpc) is 3.26. The molecule has 1 atom stereocenters. The van der Waals surface area contributed by atoms with E-state index in [9.17, 15) is 0 Å². The van der Waals surface area contributed by atoms with Crippen LogP contribution in [0.5, 0.6) is 0 Å². The van der Waals surface area contributed by atoms with E-state index in [4.69, 9.17) is 0 Å². The minimum Gasteiger partial charge on any atom is -0.191 e. The minimum atomic E-state index is -0.116. The second kappa shape index (κ2) is 7.83. The summed E-state index contributed by atoms with van der Waals surface area (Å²) >= 11 is 3.67. The van der Waals surface area contributed by atoms with Crippen molar-refractivity contribution in [2.75, 3.05) is 6.54 Å². The lowest BCUT2D eigenvalue weighted by molar-refractivity contribution is -0.425. The summed E-state index contributed by atoms with van der Waals surface area (Å²) in [6.07, 6.45) is 13.1. The van der Waals surface area contributed by atoms with Crippen molar-refractivity contribution in [3.05, 3.63) is 77.8 Å². The second-order valence-corrected chi connectivity index (χ2v) is 9.52. The summed E-state index contributed by atoms with van der Waals surface area (Å²) in [6, 6.07) is 13.3. The Morgan fingerprint density at radius 2 is 1.96 bits per heavy atom. The molecule has 4 rings (SSSR count). The normalized spacial score (nSPS) is 22.4. The predicted molar refractivity (Wildman–Crippen MR) is 125 cm³/mol. The molecule has 0 aromatic heterocycles. The summed E-state index contributed by atoms with van der Waals surface area (Å²) in [5, 5.41) is 2.64. The van der Waals surface area contributed by atoms with Crippen molar-refractivity contribution in [1.29, 1.82) is 0 Å². The molecule has 1 unspecified atom stereocenters. The van der Waals surface area contributed by atoms with Gasteiger partial charge in [-0.05, 0) is 59.5 Å². The van der Waals surface area contributed by atoms with Gasteiger partial charge >= 0.3 is 0 Å². The molecular weight excluding hydrogens is 406 g/mol. The zero-order valence-electron chi connectivity index (χ0n) is 16.8. The summed E-state index contributed by atoms with van der Waals surface area (Å²) in [6.45, 7) is 11.4. The number of allylic oxidation sites excluding steroid dienone is 3. The Labute approximate surface area is 177 Å². The summed E-state index contributed by atoms with van der Waals surface area (Å²) in [4.78, 5) is 0. The summed E-state index contributed by atoms with van der Waals surface area (Å²) < 4.78 is 3.50. The molecule has 2 aromatic carbocycles. The quantitative estimate of drug-likeness (QED) is 0.328. The van der Waals surface area contributed by atoms with Gasteiger partial charge in [-0.25, -0.2) is 0 Å². The molecule has 1 fully saturated rings. The van der Waals surface area contributed by atoms with Crippen molar-refractivity contribution < 1.29 is 4.58 Å². The Balaban J connectivity index is 1.93. The van der Waals surface area contributed by atoms with Gasteiger partial charge < -0.3 is 0 Å². The van der Waals surface area contributed by atoms with E-state index in [0.717, 1.165) is 23.4 Å². The molecule has 1 aliphatic heterocycles. The molecule has 1 heterocycles. The van der Waals surface area contributed by atoms with Crippen molar-refractivity contribution in [1.82, 2.24) is 0 Å². The van der Waals surface area contributed by atoms with Gasteiger partial charge in [0.15, 0.2) is 12.3 Å². The van der Waals surface area contributed by atoms with Gasteiger partial charge in [0, 0.05) is 17.7 Å². The molecule has 2 aromatic rings. The Bertz CT molecular complexity index is 991. The van der Waals surface area contributed by atoms with Crippen LogP contribution in [0.1, 0.15) is 44.6 Å². The van der Waals surface area contributed by atoms with E-state index in [1.165, 1.54) is 53.4 Å². The van der Waals surface area contributed by atoms with Crippen LogP contribution in [0.4, 0.5) is 5.69 Å². The maximum atomic E-state index is 4.20. The first-order chi connectivity index (χ1) is 13.5. The highest BCUT2D eigenvalue weighted by Crippen LogP contribution is 2.48. The largest absolute Gasteiger partial charge is 0.210 e. The van der Waals surface area contributed by atoms with Crippen molar-refractivity contribution >= 4 is 38.1 Å². The molecule has 1 aliphatic carbocycles. The molecule has 144 valence electrons. The van der Waals surface area contributed by atoms with Crippen LogP contribution in [0.3, 0.4) is 0 Å². The first-order valence-corrected chi connectivity index (χ1v) is 11.1. The molecular formula is C26H29BrN+. The first kappa shape index (κ1) is 19.4. The monoisotopic (exact) mass is 434 g/mol. The number of hydrogen-bond acceptors (Lipinski definition) is 0. The average molecular weight is 435 g/mol. The van der Waals surface area contributed by atoms with Gasteiger partial charge in [0.05, 0.1) is 5.41 Å². The Hall–Kier alpha value is -1.93. The topological polar surface area (TPSA) is 3.01 Å². The van der Waals surface area contributed by atoms with Crippen LogP contribution in [-0.2, 0) is 5.41 Å². The molecule has 28 heavy (non-hydrogen) atoms. The van der Waals surface area contributed by atoms with Crippen LogP contribution in [0, 0.1) is 5.92 Å². The Morgan fingerprint density at radius 1 is 1.21 bits per heavy atom. The zero-order valence-corrected chi connectivity index (χ0v) is 18.3. The molecule has 2 heteroatoms. The molecule has 0 saturated heterocycles. The highest BCUT2D eigenvalue weighted by molar-refractivity contribution is 9.11. The number of benzene rings is 2. The molecule has 0 amide bonds. The number of hydrogen-bond donors (Lipinski definition) is 0. The van der Waals surface area contributed by atoms with Crippen LogP contribution in [-0.4, -0.2) is 16.8 Å². The maximum Gasteiger partial charge on any atom is 0.210 e. The number of nitrogens with zero attached hydrogens (tertiary/aromatic N) is 1. The van der Waals surface area contributed by atoms with E-state index >= 15 is 0 Å². The van der Waals surface area contributed by atoms with Crippen molar-refractivity contribution in [3.63, 3.8) is 0 Å². The minimum absolute atomic E-state index is 0.116.